The molecule has 3 aromatic rings. The Labute approximate surface area is 170 Å². The number of hydrogen-bond donors (Lipinski definition) is 1. The number of nitrogens with one attached hydrogen (secondary N) is 1. The Hall–Kier alpha value is -3.22. The maximum Gasteiger partial charge on any atom is 0.224 e. The summed E-state index contributed by atoms with van der Waals surface area (Å²) in [6.07, 6.45) is 9.01. The third kappa shape index (κ3) is 4.80. The second-order valence-corrected chi connectivity index (χ2v) is 7.49. The Balaban J connectivity index is 1.41. The quantitative estimate of drug-likeness (QED) is 0.664. The van der Waals surface area contributed by atoms with Crippen LogP contribution < -0.4 is 10.1 Å². The zero-order valence-corrected chi connectivity index (χ0v) is 16.8. The Morgan fingerprint density at radius 1 is 1.17 bits per heavy atom. The van der Waals surface area contributed by atoms with Gasteiger partial charge < -0.3 is 10.1 Å². The smallest absolute Gasteiger partial charge is 0.224 e. The Morgan fingerprint density at radius 3 is 2.62 bits per heavy atom. The summed E-state index contributed by atoms with van der Waals surface area (Å²) in [5, 5.41) is 2.97. The number of benzene rings is 1. The van der Waals surface area contributed by atoms with Crippen LogP contribution in [-0.4, -0.2) is 25.4 Å². The highest BCUT2D eigenvalue weighted by Crippen LogP contribution is 2.28. The molecule has 0 radical (unpaired) electrons. The molecule has 1 aromatic carbocycles. The van der Waals surface area contributed by atoms with Crippen molar-refractivity contribution in [1.82, 2.24) is 19.5 Å². The third-order valence-electron chi connectivity index (χ3n) is 5.18. The molecule has 7 nitrogen and oxygen atoms in total. The van der Waals surface area contributed by atoms with E-state index in [4.69, 9.17) is 4.74 Å². The molecule has 7 heteroatoms. The van der Waals surface area contributed by atoms with E-state index in [-0.39, 0.29) is 5.91 Å². The highest BCUT2D eigenvalue weighted by Gasteiger charge is 2.18. The van der Waals surface area contributed by atoms with Gasteiger partial charge in [0, 0.05) is 30.6 Å². The number of imidazole rings is 1. The fourth-order valence-corrected chi connectivity index (χ4v) is 3.74. The fourth-order valence-electron chi connectivity index (χ4n) is 3.74. The first-order chi connectivity index (χ1) is 14.1. The van der Waals surface area contributed by atoms with Crippen molar-refractivity contribution in [3.05, 3.63) is 54.4 Å². The van der Waals surface area contributed by atoms with E-state index in [1.165, 1.54) is 25.7 Å². The molecule has 2 aromatic heterocycles. The van der Waals surface area contributed by atoms with Gasteiger partial charge in [-0.1, -0.05) is 12.8 Å². The molecule has 1 fully saturated rings. The molecule has 29 heavy (non-hydrogen) atoms. The van der Waals surface area contributed by atoms with Crippen LogP contribution in [0.4, 0.5) is 5.69 Å². The first-order valence-corrected chi connectivity index (χ1v) is 10.0. The molecule has 0 spiro atoms. The van der Waals surface area contributed by atoms with Crippen LogP contribution >= 0.6 is 0 Å². The van der Waals surface area contributed by atoms with Crippen molar-refractivity contribution in [2.24, 2.45) is 5.92 Å². The average Bonchev–Trinajstić information content (AvgIpc) is 3.34. The van der Waals surface area contributed by atoms with Crippen LogP contribution in [0, 0.1) is 19.8 Å². The van der Waals surface area contributed by atoms with Gasteiger partial charge in [0.1, 0.15) is 23.2 Å². The Kier molecular flexibility index (Phi) is 5.55. The summed E-state index contributed by atoms with van der Waals surface area (Å²) in [5.74, 6) is 3.87. The van der Waals surface area contributed by atoms with Gasteiger partial charge in [-0.05, 0) is 56.9 Å². The van der Waals surface area contributed by atoms with Crippen LogP contribution in [0.25, 0.3) is 5.82 Å². The average molecular weight is 391 g/mol. The van der Waals surface area contributed by atoms with Crippen molar-refractivity contribution >= 4 is 11.6 Å². The van der Waals surface area contributed by atoms with Crippen LogP contribution in [0.5, 0.6) is 11.6 Å². The number of carbonyl (C=O) groups is 1. The second kappa shape index (κ2) is 8.43. The summed E-state index contributed by atoms with van der Waals surface area (Å²) in [6.45, 7) is 3.74. The highest BCUT2D eigenvalue weighted by atomic mass is 16.5. The number of rotatable bonds is 6. The number of hydrogen-bond acceptors (Lipinski definition) is 5. The van der Waals surface area contributed by atoms with E-state index in [9.17, 15) is 4.79 Å². The first kappa shape index (κ1) is 19.1. The number of carbonyl (C=O) groups excluding carboxylic acids is 1. The van der Waals surface area contributed by atoms with E-state index < -0.39 is 0 Å². The summed E-state index contributed by atoms with van der Waals surface area (Å²) in [7, 11) is 0. The molecule has 0 unspecified atom stereocenters. The zero-order chi connectivity index (χ0) is 20.2. The minimum atomic E-state index is 0.0809. The summed E-state index contributed by atoms with van der Waals surface area (Å²) in [4.78, 5) is 25.2. The Morgan fingerprint density at radius 2 is 1.93 bits per heavy atom. The normalized spacial score (nSPS) is 14.1. The molecule has 0 bridgehead atoms. The minimum absolute atomic E-state index is 0.0809. The predicted molar refractivity (Wildman–Crippen MR) is 110 cm³/mol. The van der Waals surface area contributed by atoms with Crippen LogP contribution in [-0.2, 0) is 4.79 Å². The second-order valence-electron chi connectivity index (χ2n) is 7.49. The van der Waals surface area contributed by atoms with Crippen LogP contribution in [0.2, 0.25) is 0 Å². The lowest BCUT2D eigenvalue weighted by Crippen LogP contribution is -2.14. The minimum Gasteiger partial charge on any atom is -0.439 e. The molecular weight excluding hydrogens is 366 g/mol. The summed E-state index contributed by atoms with van der Waals surface area (Å²) in [6, 6.07) is 9.11. The van der Waals surface area contributed by atoms with Gasteiger partial charge in [-0.3, -0.25) is 9.36 Å². The number of anilines is 1. The number of ether oxygens (including phenoxy) is 1. The molecule has 2 heterocycles. The van der Waals surface area contributed by atoms with Gasteiger partial charge >= 0.3 is 0 Å². The molecule has 1 saturated carbocycles. The fraction of sp³-hybridized carbons (Fsp3) is 0.364. The standard InChI is InChI=1S/C22H25N5O2/c1-15-24-20(27-12-11-23-16(27)2)14-22(25-15)29-19-9-7-18(8-10-19)26-21(28)13-17-5-3-4-6-17/h7-12,14,17H,3-6,13H2,1-2H3,(H,26,28). The zero-order valence-electron chi connectivity index (χ0n) is 16.8. The van der Waals surface area contributed by atoms with Crippen molar-refractivity contribution in [3.8, 4) is 17.4 Å². The molecule has 4 rings (SSSR count). The van der Waals surface area contributed by atoms with Gasteiger partial charge in [-0.25, -0.2) is 9.97 Å². The number of amides is 1. The summed E-state index contributed by atoms with van der Waals surface area (Å²) in [5.41, 5.74) is 0.772. The van der Waals surface area contributed by atoms with Gasteiger partial charge in [0.25, 0.3) is 0 Å². The van der Waals surface area contributed by atoms with Crippen LogP contribution in [0.15, 0.2) is 42.7 Å². The van der Waals surface area contributed by atoms with Gasteiger partial charge in [0.15, 0.2) is 0 Å². The molecular formula is C22H25N5O2. The topological polar surface area (TPSA) is 81.9 Å². The third-order valence-corrected chi connectivity index (χ3v) is 5.18. The maximum atomic E-state index is 12.2. The number of aryl methyl sites for hydroxylation is 2. The number of aromatic nitrogens is 4. The van der Waals surface area contributed by atoms with Gasteiger partial charge in [0.05, 0.1) is 0 Å². The first-order valence-electron chi connectivity index (χ1n) is 10.0. The van der Waals surface area contributed by atoms with E-state index in [1.54, 1.807) is 12.3 Å². The largest absolute Gasteiger partial charge is 0.439 e. The van der Waals surface area contributed by atoms with E-state index in [2.05, 4.69) is 20.3 Å². The molecule has 1 amide bonds. The van der Waals surface area contributed by atoms with Crippen molar-refractivity contribution in [3.63, 3.8) is 0 Å². The SMILES string of the molecule is Cc1nc(Oc2ccc(NC(=O)CC3CCCC3)cc2)cc(-n2ccnc2C)n1. The van der Waals surface area contributed by atoms with E-state index in [0.717, 1.165) is 11.5 Å². The number of nitrogens with zero attached hydrogens (tertiary/aromatic N) is 4. The molecule has 0 atom stereocenters. The molecule has 1 aliphatic carbocycles. The van der Waals surface area contributed by atoms with Crippen LogP contribution in [0.1, 0.15) is 43.8 Å². The monoisotopic (exact) mass is 391 g/mol. The molecule has 0 aliphatic heterocycles. The molecule has 1 aliphatic rings. The molecule has 0 saturated heterocycles. The van der Waals surface area contributed by atoms with E-state index in [1.807, 2.05) is 48.9 Å². The lowest BCUT2D eigenvalue weighted by Gasteiger charge is -2.11. The van der Waals surface area contributed by atoms with E-state index in [0.29, 0.717) is 35.6 Å². The van der Waals surface area contributed by atoms with Crippen molar-refractivity contribution in [2.45, 2.75) is 46.0 Å². The van der Waals surface area contributed by atoms with Gasteiger partial charge in [-0.2, -0.15) is 4.98 Å². The van der Waals surface area contributed by atoms with Crippen molar-refractivity contribution in [2.75, 3.05) is 5.32 Å². The lowest BCUT2D eigenvalue weighted by molar-refractivity contribution is -0.117. The van der Waals surface area contributed by atoms with Gasteiger partial charge in [-0.15, -0.1) is 0 Å². The predicted octanol–water partition coefficient (Wildman–Crippen LogP) is 4.59. The van der Waals surface area contributed by atoms with E-state index >= 15 is 0 Å². The summed E-state index contributed by atoms with van der Waals surface area (Å²) < 4.78 is 7.79. The van der Waals surface area contributed by atoms with Crippen LogP contribution in [0.3, 0.4) is 0 Å². The molecule has 1 N–H and O–H groups in total. The Bertz CT molecular complexity index is 991. The van der Waals surface area contributed by atoms with Crippen molar-refractivity contribution in [1.29, 1.82) is 0 Å². The van der Waals surface area contributed by atoms with Gasteiger partial charge in [0.2, 0.25) is 11.8 Å². The van der Waals surface area contributed by atoms with Crippen molar-refractivity contribution < 1.29 is 9.53 Å². The molecule has 150 valence electrons. The highest BCUT2D eigenvalue weighted by molar-refractivity contribution is 5.90. The summed E-state index contributed by atoms with van der Waals surface area (Å²) >= 11 is 0. The maximum absolute atomic E-state index is 12.2. The lowest BCUT2D eigenvalue weighted by atomic mass is 10.0.